The van der Waals surface area contributed by atoms with Gasteiger partial charge in [0.1, 0.15) is 5.65 Å². The third-order valence-corrected chi connectivity index (χ3v) is 4.53. The molecule has 5 heteroatoms. The summed E-state index contributed by atoms with van der Waals surface area (Å²) in [6.07, 6.45) is 10.3. The Kier molecular flexibility index (Phi) is 4.78. The smallest absolute Gasteiger partial charge is 0.137 e. The summed E-state index contributed by atoms with van der Waals surface area (Å²) < 4.78 is 1.97. The number of pyridine rings is 1. The Morgan fingerprint density at radius 3 is 2.81 bits per heavy atom. The van der Waals surface area contributed by atoms with E-state index in [2.05, 4.69) is 9.88 Å². The van der Waals surface area contributed by atoms with Crippen LogP contribution in [0.4, 0.5) is 0 Å². The number of hydrogen-bond acceptors (Lipinski definition) is 3. The molecule has 1 fully saturated rings. The number of nitrogens with zero attached hydrogens (tertiary/aromatic N) is 3. The van der Waals surface area contributed by atoms with Gasteiger partial charge in [-0.3, -0.25) is 4.90 Å². The van der Waals surface area contributed by atoms with Gasteiger partial charge in [-0.25, -0.2) is 4.98 Å². The van der Waals surface area contributed by atoms with Crippen molar-refractivity contribution in [1.82, 2.24) is 14.3 Å². The van der Waals surface area contributed by atoms with Gasteiger partial charge in [-0.15, -0.1) is 0 Å². The summed E-state index contributed by atoms with van der Waals surface area (Å²) in [7, 11) is 0. The van der Waals surface area contributed by atoms with E-state index in [4.69, 9.17) is 11.6 Å². The standard InChI is InChI=1S/C16H22ClN3O/c17-13-6-7-16-18-14(12-20(16)10-13)11-19(8-9-21)15-4-2-1-3-5-15/h6-7,10,12,15,21H,1-5,8-9,11H2. The van der Waals surface area contributed by atoms with Gasteiger partial charge in [-0.05, 0) is 25.0 Å². The average Bonchev–Trinajstić information content (AvgIpc) is 2.89. The molecule has 0 aromatic carbocycles. The number of rotatable bonds is 5. The monoisotopic (exact) mass is 307 g/mol. The molecule has 4 nitrogen and oxygen atoms in total. The Morgan fingerprint density at radius 2 is 2.05 bits per heavy atom. The zero-order chi connectivity index (χ0) is 14.7. The van der Waals surface area contributed by atoms with E-state index < -0.39 is 0 Å². The van der Waals surface area contributed by atoms with Crippen LogP contribution in [0.15, 0.2) is 24.5 Å². The van der Waals surface area contributed by atoms with Gasteiger partial charge in [0.25, 0.3) is 0 Å². The van der Waals surface area contributed by atoms with Crippen LogP contribution in [0.3, 0.4) is 0 Å². The fourth-order valence-electron chi connectivity index (χ4n) is 3.27. The SMILES string of the molecule is OCCN(Cc1cn2cc(Cl)ccc2n1)C1CCCCC1. The van der Waals surface area contributed by atoms with Crippen molar-refractivity contribution in [3.63, 3.8) is 0 Å². The third-order valence-electron chi connectivity index (χ3n) is 4.31. The molecule has 0 radical (unpaired) electrons. The van der Waals surface area contributed by atoms with Crippen molar-refractivity contribution in [3.8, 4) is 0 Å². The molecule has 2 aromatic heterocycles. The molecule has 1 aliphatic rings. The molecule has 2 heterocycles. The second-order valence-corrected chi connectivity index (χ2v) is 6.27. The molecule has 1 aliphatic carbocycles. The minimum Gasteiger partial charge on any atom is -0.395 e. The van der Waals surface area contributed by atoms with Gasteiger partial charge in [0.15, 0.2) is 0 Å². The normalized spacial score (nSPS) is 16.9. The van der Waals surface area contributed by atoms with Crippen LogP contribution in [-0.2, 0) is 6.54 Å². The summed E-state index contributed by atoms with van der Waals surface area (Å²) in [5.41, 5.74) is 1.96. The third kappa shape index (κ3) is 3.57. The van der Waals surface area contributed by atoms with Crippen molar-refractivity contribution in [2.24, 2.45) is 0 Å². The van der Waals surface area contributed by atoms with E-state index in [0.717, 1.165) is 24.4 Å². The molecular weight excluding hydrogens is 286 g/mol. The fourth-order valence-corrected chi connectivity index (χ4v) is 3.43. The quantitative estimate of drug-likeness (QED) is 0.922. The molecule has 3 rings (SSSR count). The number of halogens is 1. The first-order valence-electron chi connectivity index (χ1n) is 7.74. The molecule has 1 saturated carbocycles. The van der Waals surface area contributed by atoms with Crippen LogP contribution in [-0.4, -0.2) is 38.6 Å². The van der Waals surface area contributed by atoms with Gasteiger partial charge in [0.2, 0.25) is 0 Å². The second-order valence-electron chi connectivity index (χ2n) is 5.83. The minimum absolute atomic E-state index is 0.204. The van der Waals surface area contributed by atoms with Crippen molar-refractivity contribution in [2.75, 3.05) is 13.2 Å². The lowest BCUT2D eigenvalue weighted by Gasteiger charge is -2.33. The Balaban J connectivity index is 1.76. The number of aromatic nitrogens is 2. The van der Waals surface area contributed by atoms with Crippen LogP contribution in [0.5, 0.6) is 0 Å². The summed E-state index contributed by atoms with van der Waals surface area (Å²) in [6, 6.07) is 4.38. The van der Waals surface area contributed by atoms with Crippen molar-refractivity contribution in [3.05, 3.63) is 35.2 Å². The Labute approximate surface area is 130 Å². The van der Waals surface area contributed by atoms with Crippen molar-refractivity contribution in [2.45, 2.75) is 44.7 Å². The van der Waals surface area contributed by atoms with Gasteiger partial charge >= 0.3 is 0 Å². The van der Waals surface area contributed by atoms with E-state index in [-0.39, 0.29) is 6.61 Å². The second kappa shape index (κ2) is 6.77. The fraction of sp³-hybridized carbons (Fsp3) is 0.562. The van der Waals surface area contributed by atoms with Gasteiger partial charge in [-0.2, -0.15) is 0 Å². The molecule has 114 valence electrons. The van der Waals surface area contributed by atoms with Crippen LogP contribution < -0.4 is 0 Å². The number of aliphatic hydroxyl groups excluding tert-OH is 1. The molecule has 0 saturated heterocycles. The molecular formula is C16H22ClN3O. The van der Waals surface area contributed by atoms with Crippen LogP contribution in [0.25, 0.3) is 5.65 Å². The summed E-state index contributed by atoms with van der Waals surface area (Å²) in [5, 5.41) is 10.1. The van der Waals surface area contributed by atoms with E-state index in [1.807, 2.05) is 28.9 Å². The summed E-state index contributed by atoms with van der Waals surface area (Å²) in [5.74, 6) is 0. The summed E-state index contributed by atoms with van der Waals surface area (Å²) in [4.78, 5) is 7.03. The summed E-state index contributed by atoms with van der Waals surface area (Å²) in [6.45, 7) is 1.72. The lowest BCUT2D eigenvalue weighted by atomic mass is 9.94. The maximum Gasteiger partial charge on any atom is 0.137 e. The highest BCUT2D eigenvalue weighted by Crippen LogP contribution is 2.24. The highest BCUT2D eigenvalue weighted by Gasteiger charge is 2.21. The van der Waals surface area contributed by atoms with Gasteiger partial charge in [0.05, 0.1) is 17.3 Å². The van der Waals surface area contributed by atoms with Crippen molar-refractivity contribution < 1.29 is 5.11 Å². The molecule has 0 spiro atoms. The topological polar surface area (TPSA) is 40.8 Å². The van der Waals surface area contributed by atoms with E-state index in [9.17, 15) is 5.11 Å². The predicted molar refractivity (Wildman–Crippen MR) is 84.6 cm³/mol. The van der Waals surface area contributed by atoms with E-state index in [1.165, 1.54) is 32.1 Å². The molecule has 0 aliphatic heterocycles. The average molecular weight is 308 g/mol. The molecule has 1 N–H and O–H groups in total. The largest absolute Gasteiger partial charge is 0.395 e. The van der Waals surface area contributed by atoms with Crippen LogP contribution in [0.2, 0.25) is 5.02 Å². The van der Waals surface area contributed by atoms with E-state index in [1.54, 1.807) is 0 Å². The van der Waals surface area contributed by atoms with Crippen LogP contribution >= 0.6 is 11.6 Å². The number of imidazole rings is 1. The number of fused-ring (bicyclic) bond motifs is 1. The van der Waals surface area contributed by atoms with E-state index in [0.29, 0.717) is 11.1 Å². The minimum atomic E-state index is 0.204. The first kappa shape index (κ1) is 14.8. The summed E-state index contributed by atoms with van der Waals surface area (Å²) >= 11 is 6.01. The molecule has 0 bridgehead atoms. The maximum atomic E-state index is 9.34. The predicted octanol–water partition coefficient (Wildman–Crippen LogP) is 3.11. The van der Waals surface area contributed by atoms with Crippen molar-refractivity contribution in [1.29, 1.82) is 0 Å². The lowest BCUT2D eigenvalue weighted by Crippen LogP contribution is -2.38. The molecule has 0 atom stereocenters. The maximum absolute atomic E-state index is 9.34. The lowest BCUT2D eigenvalue weighted by molar-refractivity contribution is 0.116. The molecule has 2 aromatic rings. The highest BCUT2D eigenvalue weighted by molar-refractivity contribution is 6.30. The number of hydrogen-bond donors (Lipinski definition) is 1. The van der Waals surface area contributed by atoms with Crippen LogP contribution in [0.1, 0.15) is 37.8 Å². The number of aliphatic hydroxyl groups is 1. The van der Waals surface area contributed by atoms with E-state index >= 15 is 0 Å². The molecule has 0 unspecified atom stereocenters. The zero-order valence-electron chi connectivity index (χ0n) is 12.2. The van der Waals surface area contributed by atoms with Gasteiger partial charge < -0.3 is 9.51 Å². The zero-order valence-corrected chi connectivity index (χ0v) is 13.0. The first-order valence-corrected chi connectivity index (χ1v) is 8.12. The van der Waals surface area contributed by atoms with Gasteiger partial charge in [-0.1, -0.05) is 30.9 Å². The molecule has 0 amide bonds. The van der Waals surface area contributed by atoms with Crippen molar-refractivity contribution >= 4 is 17.2 Å². The van der Waals surface area contributed by atoms with Crippen LogP contribution in [0, 0.1) is 0 Å². The Hall–Kier alpha value is -1.10. The van der Waals surface area contributed by atoms with Gasteiger partial charge in [0, 0.05) is 31.5 Å². The molecule has 21 heavy (non-hydrogen) atoms. The Morgan fingerprint density at radius 1 is 1.24 bits per heavy atom. The Bertz CT molecular complexity index is 592. The first-order chi connectivity index (χ1) is 10.3. The highest BCUT2D eigenvalue weighted by atomic mass is 35.5.